The van der Waals surface area contributed by atoms with E-state index in [2.05, 4.69) is 9.79 Å². The monoisotopic (exact) mass is 158 g/mol. The SMILES string of the molecule is CCc1c(C(N)=O)no[n+]1O. The van der Waals surface area contributed by atoms with Crippen LogP contribution < -0.4 is 10.6 Å². The molecule has 60 valence electrons. The van der Waals surface area contributed by atoms with Gasteiger partial charge in [0.1, 0.15) is 4.90 Å². The smallest absolute Gasteiger partial charge is 0.337 e. The number of rotatable bonds is 2. The number of carbonyl (C=O) groups is 1. The van der Waals surface area contributed by atoms with Crippen LogP contribution in [0.1, 0.15) is 23.1 Å². The molecule has 3 N–H and O–H groups in total. The number of nitrogens with two attached hydrogens (primary N) is 1. The molecule has 0 aromatic carbocycles. The van der Waals surface area contributed by atoms with E-state index in [-0.39, 0.29) is 11.4 Å². The highest BCUT2D eigenvalue weighted by atomic mass is 16.8. The van der Waals surface area contributed by atoms with E-state index in [1.807, 2.05) is 0 Å². The third kappa shape index (κ3) is 1.14. The third-order valence-electron chi connectivity index (χ3n) is 1.28. The standard InChI is InChI=1S/C5H7N3O3/c1-2-3-4(5(6)9)7-11-8(3)10/h2H2,1H3,(H2-,6,7,9,10)/p+1. The minimum atomic E-state index is -0.710. The molecule has 0 radical (unpaired) electrons. The Kier molecular flexibility index (Phi) is 1.75. The van der Waals surface area contributed by atoms with Crippen LogP contribution in [0.5, 0.6) is 0 Å². The second-order valence-corrected chi connectivity index (χ2v) is 1.96. The number of hydrogen-bond acceptors (Lipinski definition) is 4. The molecule has 1 aromatic heterocycles. The normalized spacial score (nSPS) is 9.91. The van der Waals surface area contributed by atoms with Gasteiger partial charge in [-0.25, -0.2) is 0 Å². The Balaban J connectivity index is 3.15. The fourth-order valence-electron chi connectivity index (χ4n) is 0.762. The summed E-state index contributed by atoms with van der Waals surface area (Å²) < 4.78 is 4.27. The van der Waals surface area contributed by atoms with E-state index < -0.39 is 5.91 Å². The molecular weight excluding hydrogens is 150 g/mol. The first kappa shape index (κ1) is 7.52. The highest BCUT2D eigenvalue weighted by molar-refractivity contribution is 5.91. The van der Waals surface area contributed by atoms with Gasteiger partial charge in [0.2, 0.25) is 0 Å². The van der Waals surface area contributed by atoms with Gasteiger partial charge in [-0.2, -0.15) is 0 Å². The first-order valence-electron chi connectivity index (χ1n) is 3.07. The van der Waals surface area contributed by atoms with Crippen molar-refractivity contribution in [2.24, 2.45) is 5.73 Å². The van der Waals surface area contributed by atoms with Crippen LogP contribution in [-0.4, -0.2) is 16.3 Å². The highest BCUT2D eigenvalue weighted by Crippen LogP contribution is 1.98. The van der Waals surface area contributed by atoms with Crippen molar-refractivity contribution in [3.8, 4) is 0 Å². The minimum Gasteiger partial charge on any atom is -0.362 e. The predicted octanol–water partition coefficient (Wildman–Crippen LogP) is -1.14. The van der Waals surface area contributed by atoms with Crippen molar-refractivity contribution >= 4 is 5.91 Å². The van der Waals surface area contributed by atoms with Crippen molar-refractivity contribution in [3.05, 3.63) is 11.4 Å². The van der Waals surface area contributed by atoms with Crippen molar-refractivity contribution in [1.29, 1.82) is 0 Å². The van der Waals surface area contributed by atoms with E-state index in [1.165, 1.54) is 0 Å². The van der Waals surface area contributed by atoms with Gasteiger partial charge in [-0.3, -0.25) is 4.79 Å². The topological polar surface area (TPSA) is 93.2 Å². The molecule has 0 aliphatic heterocycles. The maximum Gasteiger partial charge on any atom is 0.337 e. The summed E-state index contributed by atoms with van der Waals surface area (Å²) in [5, 5.41) is 12.1. The van der Waals surface area contributed by atoms with Gasteiger partial charge in [0.25, 0.3) is 5.69 Å². The molecule has 0 unspecified atom stereocenters. The summed E-state index contributed by atoms with van der Waals surface area (Å²) in [5.41, 5.74) is 5.16. The summed E-state index contributed by atoms with van der Waals surface area (Å²) in [6.07, 6.45) is 0.429. The first-order chi connectivity index (χ1) is 5.16. The van der Waals surface area contributed by atoms with Gasteiger partial charge >= 0.3 is 11.6 Å². The molecule has 0 saturated heterocycles. The summed E-state index contributed by atoms with van der Waals surface area (Å²) in [4.78, 5) is 11.0. The Labute approximate surface area is 62.1 Å². The summed E-state index contributed by atoms with van der Waals surface area (Å²) in [7, 11) is 0. The summed E-state index contributed by atoms with van der Waals surface area (Å²) >= 11 is 0. The van der Waals surface area contributed by atoms with Gasteiger partial charge < -0.3 is 10.9 Å². The van der Waals surface area contributed by atoms with Crippen molar-refractivity contribution < 1.29 is 19.5 Å². The average molecular weight is 158 g/mol. The lowest BCUT2D eigenvalue weighted by Gasteiger charge is -1.82. The van der Waals surface area contributed by atoms with Gasteiger partial charge in [-0.05, 0) is 4.63 Å². The molecule has 0 spiro atoms. The molecule has 1 rings (SSSR count). The Hall–Kier alpha value is -1.59. The lowest BCUT2D eigenvalue weighted by atomic mass is 10.2. The van der Waals surface area contributed by atoms with Crippen LogP contribution in [0.25, 0.3) is 0 Å². The van der Waals surface area contributed by atoms with Crippen molar-refractivity contribution in [2.75, 3.05) is 0 Å². The molecule has 11 heavy (non-hydrogen) atoms. The molecule has 1 heterocycles. The molecular formula is C5H8N3O3+. The van der Waals surface area contributed by atoms with E-state index in [1.54, 1.807) is 6.92 Å². The molecule has 6 heteroatoms. The Morgan fingerprint density at radius 3 is 2.91 bits per heavy atom. The van der Waals surface area contributed by atoms with E-state index in [0.717, 1.165) is 0 Å². The lowest BCUT2D eigenvalue weighted by Crippen LogP contribution is -2.33. The average Bonchev–Trinajstić information content (AvgIpc) is 2.30. The molecule has 0 fully saturated rings. The maximum absolute atomic E-state index is 10.6. The maximum atomic E-state index is 10.6. The Morgan fingerprint density at radius 1 is 1.91 bits per heavy atom. The zero-order valence-electron chi connectivity index (χ0n) is 5.94. The molecule has 0 saturated carbocycles. The van der Waals surface area contributed by atoms with Crippen LogP contribution in [0.3, 0.4) is 0 Å². The second-order valence-electron chi connectivity index (χ2n) is 1.96. The molecule has 1 aromatic rings. The zero-order chi connectivity index (χ0) is 8.43. The number of aromatic nitrogens is 2. The Morgan fingerprint density at radius 2 is 2.55 bits per heavy atom. The van der Waals surface area contributed by atoms with E-state index in [0.29, 0.717) is 11.3 Å². The van der Waals surface area contributed by atoms with Crippen LogP contribution >= 0.6 is 0 Å². The Bertz CT molecular complexity index is 281. The number of hydrogen-bond donors (Lipinski definition) is 2. The molecule has 0 aliphatic carbocycles. The van der Waals surface area contributed by atoms with Crippen LogP contribution in [0.4, 0.5) is 0 Å². The van der Waals surface area contributed by atoms with Gasteiger partial charge in [-0.15, -0.1) is 0 Å². The quantitative estimate of drug-likeness (QED) is 0.532. The van der Waals surface area contributed by atoms with Gasteiger partial charge in [0.15, 0.2) is 5.16 Å². The van der Waals surface area contributed by atoms with Crippen LogP contribution in [0.15, 0.2) is 4.63 Å². The van der Waals surface area contributed by atoms with E-state index >= 15 is 0 Å². The summed E-state index contributed by atoms with van der Waals surface area (Å²) in [5.74, 6) is -0.710. The number of carbonyl (C=O) groups excluding carboxylic acids is 1. The number of primary amides is 1. The minimum absolute atomic E-state index is 0.0324. The third-order valence-corrected chi connectivity index (χ3v) is 1.28. The van der Waals surface area contributed by atoms with Crippen LogP contribution in [0.2, 0.25) is 0 Å². The molecule has 6 nitrogen and oxygen atoms in total. The van der Waals surface area contributed by atoms with E-state index in [9.17, 15) is 4.79 Å². The van der Waals surface area contributed by atoms with Gasteiger partial charge in [-0.1, -0.05) is 6.92 Å². The molecule has 1 amide bonds. The van der Waals surface area contributed by atoms with Crippen molar-refractivity contribution in [2.45, 2.75) is 13.3 Å². The fraction of sp³-hybridized carbons (Fsp3) is 0.400. The largest absolute Gasteiger partial charge is 0.362 e. The summed E-state index contributed by atoms with van der Waals surface area (Å²) in [6, 6.07) is 0. The highest BCUT2D eigenvalue weighted by Gasteiger charge is 2.27. The number of nitrogens with zero attached hydrogens (tertiary/aromatic N) is 2. The lowest BCUT2D eigenvalue weighted by molar-refractivity contribution is -1.04. The molecule has 0 bridgehead atoms. The van der Waals surface area contributed by atoms with Gasteiger partial charge in [0.05, 0.1) is 0 Å². The van der Waals surface area contributed by atoms with Crippen LogP contribution in [0, 0.1) is 0 Å². The zero-order valence-corrected chi connectivity index (χ0v) is 5.94. The first-order valence-corrected chi connectivity index (χ1v) is 3.07. The summed E-state index contributed by atoms with van der Waals surface area (Å²) in [6.45, 7) is 1.74. The second kappa shape index (κ2) is 2.57. The number of amides is 1. The molecule has 0 atom stereocenters. The van der Waals surface area contributed by atoms with Crippen LogP contribution in [-0.2, 0) is 6.42 Å². The molecule has 0 aliphatic rings. The predicted molar refractivity (Wildman–Crippen MR) is 31.8 cm³/mol. The van der Waals surface area contributed by atoms with Crippen molar-refractivity contribution in [3.63, 3.8) is 0 Å². The van der Waals surface area contributed by atoms with Gasteiger partial charge in [0, 0.05) is 6.42 Å². The van der Waals surface area contributed by atoms with E-state index in [4.69, 9.17) is 10.9 Å². The fourth-order valence-corrected chi connectivity index (χ4v) is 0.762. The van der Waals surface area contributed by atoms with Crippen molar-refractivity contribution in [1.82, 2.24) is 5.16 Å².